The first-order valence-electron chi connectivity index (χ1n) is 14.3. The fraction of sp³-hybridized carbons (Fsp3) is 0.828. The van der Waals surface area contributed by atoms with Crippen LogP contribution in [0.4, 0.5) is 0 Å². The highest BCUT2D eigenvalue weighted by molar-refractivity contribution is 7.57. The summed E-state index contributed by atoms with van der Waals surface area (Å²) in [6.07, 6.45) is -1.19. The van der Waals surface area contributed by atoms with Gasteiger partial charge in [0.15, 0.2) is 0 Å². The van der Waals surface area contributed by atoms with Gasteiger partial charge in [-0.2, -0.15) is 5.26 Å². The van der Waals surface area contributed by atoms with Crippen molar-refractivity contribution in [3.8, 4) is 6.07 Å². The molecule has 0 radical (unpaired) electrons. The minimum Gasteiger partial charge on any atom is -0.438 e. The van der Waals surface area contributed by atoms with Crippen LogP contribution in [0.2, 0.25) is 0 Å². The Bertz CT molecular complexity index is 954. The van der Waals surface area contributed by atoms with Crippen LogP contribution in [-0.2, 0) is 51.6 Å². The molecule has 13 nitrogen and oxygen atoms in total. The lowest BCUT2D eigenvalue weighted by Gasteiger charge is -2.39. The van der Waals surface area contributed by atoms with Gasteiger partial charge in [-0.1, -0.05) is 0 Å². The normalized spacial score (nSPS) is 20.6. The molecule has 0 saturated carbocycles. The van der Waals surface area contributed by atoms with Gasteiger partial charge in [-0.05, 0) is 75.3 Å². The van der Waals surface area contributed by atoms with E-state index in [4.69, 9.17) is 42.7 Å². The summed E-state index contributed by atoms with van der Waals surface area (Å²) in [6.45, 7) is 17.0. The molecule has 0 bridgehead atoms. The lowest BCUT2D eigenvalue weighted by Crippen LogP contribution is -2.51. The molecule has 0 aromatic carbocycles. The van der Waals surface area contributed by atoms with E-state index in [-0.39, 0.29) is 31.7 Å². The van der Waals surface area contributed by atoms with Gasteiger partial charge in [0.1, 0.15) is 18.3 Å². The molecule has 0 aliphatic carbocycles. The van der Waals surface area contributed by atoms with Crippen LogP contribution in [0.3, 0.4) is 0 Å². The maximum Gasteiger partial charge on any atom is 0.359 e. The van der Waals surface area contributed by atoms with Gasteiger partial charge in [0, 0.05) is 25.0 Å². The van der Waals surface area contributed by atoms with Gasteiger partial charge < -0.3 is 28.4 Å². The summed E-state index contributed by atoms with van der Waals surface area (Å²) in [5.41, 5.74) is -1.62. The molecule has 0 aromatic heterocycles. The molecule has 1 heterocycles. The van der Waals surface area contributed by atoms with Crippen LogP contribution in [0.15, 0.2) is 11.9 Å². The molecule has 14 heteroatoms. The second-order valence-corrected chi connectivity index (χ2v) is 14.5. The van der Waals surface area contributed by atoms with E-state index in [0.717, 1.165) is 5.82 Å². The van der Waals surface area contributed by atoms with Crippen molar-refractivity contribution in [1.82, 2.24) is 4.90 Å². The minimum atomic E-state index is -4.14. The molecule has 4 atom stereocenters. The van der Waals surface area contributed by atoms with Crippen LogP contribution in [0.5, 0.6) is 0 Å². The number of ether oxygens (including phenoxy) is 6. The molecule has 0 aromatic rings. The average molecular weight is 635 g/mol. The van der Waals surface area contributed by atoms with Crippen molar-refractivity contribution in [2.75, 3.05) is 33.9 Å². The Kier molecular flexibility index (Phi) is 16.0. The number of esters is 2. The highest BCUT2D eigenvalue weighted by Gasteiger charge is 2.41. The predicted molar refractivity (Wildman–Crippen MR) is 157 cm³/mol. The van der Waals surface area contributed by atoms with Gasteiger partial charge in [-0.25, -0.2) is 0 Å². The Morgan fingerprint density at radius 2 is 1.51 bits per heavy atom. The maximum atomic E-state index is 13.7. The third-order valence-corrected chi connectivity index (χ3v) is 7.63. The Morgan fingerprint density at radius 1 is 1.00 bits per heavy atom. The summed E-state index contributed by atoms with van der Waals surface area (Å²) in [4.78, 5) is 26.4. The molecule has 1 fully saturated rings. The van der Waals surface area contributed by atoms with Crippen LogP contribution in [-0.4, -0.2) is 87.6 Å². The number of carbonyl (C=O) groups excluding carboxylic acids is 2. The molecule has 1 aliphatic heterocycles. The first kappa shape index (κ1) is 39.1. The smallest absolute Gasteiger partial charge is 0.359 e. The zero-order valence-electron chi connectivity index (χ0n) is 27.5. The van der Waals surface area contributed by atoms with Crippen molar-refractivity contribution in [3.05, 3.63) is 11.9 Å². The topological polar surface area (TPSA) is 152 Å². The molecule has 1 rings (SSSR count). The van der Waals surface area contributed by atoms with Crippen molar-refractivity contribution in [2.45, 2.75) is 112 Å². The molecule has 43 heavy (non-hydrogen) atoms. The number of rotatable bonds is 17. The van der Waals surface area contributed by atoms with E-state index < -0.39 is 68.7 Å². The van der Waals surface area contributed by atoms with Crippen molar-refractivity contribution in [2.24, 2.45) is 10.8 Å². The Labute approximate surface area is 256 Å². The number of hydrogen-bond donors (Lipinski definition) is 0. The number of nitriles is 1. The van der Waals surface area contributed by atoms with Gasteiger partial charge in [-0.3, -0.25) is 28.1 Å². The summed E-state index contributed by atoms with van der Waals surface area (Å²) in [6, 6.07) is 2.14. The number of carbonyl (C=O) groups is 2. The standard InChI is InChI=1S/C29H51N2O11P/c1-20(2)31(21(3)4)27(36-15-12-14-30)42-24-22(37-17-23(24)35-11)13-16-43(34,40-18-38-25(32)28(5,6)7)41-19-39-26(33)29(8,9)10/h13,16,20-24,27H,12,15,17-19H2,1-11H3/b16-13+/t22-,23+,24-,27?/m1/s1. The van der Waals surface area contributed by atoms with E-state index in [1.807, 2.05) is 32.6 Å². The first-order valence-corrected chi connectivity index (χ1v) is 16.0. The highest BCUT2D eigenvalue weighted by atomic mass is 31.2. The van der Waals surface area contributed by atoms with Crippen LogP contribution in [0, 0.1) is 22.2 Å². The quantitative estimate of drug-likeness (QED) is 0.0919. The fourth-order valence-corrected chi connectivity index (χ4v) is 4.84. The molecule has 1 unspecified atom stereocenters. The second kappa shape index (κ2) is 17.6. The van der Waals surface area contributed by atoms with Crippen molar-refractivity contribution in [3.63, 3.8) is 0 Å². The summed E-state index contributed by atoms with van der Waals surface area (Å²) in [5.74, 6) is 0.0101. The molecule has 0 spiro atoms. The van der Waals surface area contributed by atoms with Gasteiger partial charge in [0.25, 0.3) is 0 Å². The summed E-state index contributed by atoms with van der Waals surface area (Å²) in [7, 11) is -2.62. The zero-order chi connectivity index (χ0) is 33.0. The van der Waals surface area contributed by atoms with E-state index in [1.54, 1.807) is 41.5 Å². The predicted octanol–water partition coefficient (Wildman–Crippen LogP) is 4.95. The highest BCUT2D eigenvalue weighted by Crippen LogP contribution is 2.50. The lowest BCUT2D eigenvalue weighted by molar-refractivity contribution is -0.270. The molecule has 1 aliphatic rings. The Balaban J connectivity index is 3.22. The molecule has 248 valence electrons. The number of methoxy groups -OCH3 is 1. The third kappa shape index (κ3) is 13.3. The molecular formula is C29H51N2O11P. The monoisotopic (exact) mass is 634 g/mol. The second-order valence-electron chi connectivity index (χ2n) is 12.6. The van der Waals surface area contributed by atoms with Gasteiger partial charge in [0.2, 0.25) is 20.0 Å². The Hall–Kier alpha value is -1.88. The number of nitrogens with zero attached hydrogens (tertiary/aromatic N) is 2. The van der Waals surface area contributed by atoms with Gasteiger partial charge in [0.05, 0.1) is 36.5 Å². The molecule has 0 N–H and O–H groups in total. The van der Waals surface area contributed by atoms with Crippen molar-refractivity contribution >= 4 is 19.5 Å². The summed E-state index contributed by atoms with van der Waals surface area (Å²) in [5, 5.41) is 9.01. The lowest BCUT2D eigenvalue weighted by atomic mass is 9.98. The fourth-order valence-electron chi connectivity index (χ4n) is 3.81. The SMILES string of the molecule is CO[C@H]1CO[C@H](/C=C/P(=O)(OCOC(=O)C(C)(C)C)OCOC(=O)C(C)(C)C)[C@H]1OC(OCCC#N)N(C(C)C)C(C)C. The zero-order valence-corrected chi connectivity index (χ0v) is 28.4. The first-order chi connectivity index (χ1) is 19.9. The third-order valence-electron chi connectivity index (χ3n) is 6.16. The van der Waals surface area contributed by atoms with E-state index in [2.05, 4.69) is 6.07 Å². The molecular weight excluding hydrogens is 583 g/mol. The van der Waals surface area contributed by atoms with Crippen molar-refractivity contribution < 1.29 is 51.6 Å². The van der Waals surface area contributed by atoms with Crippen LogP contribution < -0.4 is 0 Å². The maximum absolute atomic E-state index is 13.7. The van der Waals surface area contributed by atoms with E-state index >= 15 is 0 Å². The minimum absolute atomic E-state index is 0.0398. The van der Waals surface area contributed by atoms with E-state index in [1.165, 1.54) is 13.2 Å². The Morgan fingerprint density at radius 3 is 1.93 bits per heavy atom. The van der Waals surface area contributed by atoms with Crippen molar-refractivity contribution in [1.29, 1.82) is 5.26 Å². The largest absolute Gasteiger partial charge is 0.438 e. The van der Waals surface area contributed by atoms with Crippen LogP contribution in [0.1, 0.15) is 75.7 Å². The molecule has 0 amide bonds. The summed E-state index contributed by atoms with van der Waals surface area (Å²) < 4.78 is 58.5. The van der Waals surface area contributed by atoms with Gasteiger partial charge in [-0.15, -0.1) is 0 Å². The average Bonchev–Trinajstić information content (AvgIpc) is 3.27. The van der Waals surface area contributed by atoms with E-state index in [0.29, 0.717) is 0 Å². The summed E-state index contributed by atoms with van der Waals surface area (Å²) >= 11 is 0. The van der Waals surface area contributed by atoms with Crippen LogP contribution >= 0.6 is 7.60 Å². The van der Waals surface area contributed by atoms with Gasteiger partial charge >= 0.3 is 19.5 Å². The molecule has 1 saturated heterocycles. The van der Waals surface area contributed by atoms with E-state index in [9.17, 15) is 14.2 Å². The van der Waals surface area contributed by atoms with Crippen LogP contribution in [0.25, 0.3) is 0 Å². The number of hydrogen-bond acceptors (Lipinski definition) is 13.